The average molecular weight is 181 g/mol. The molecule has 5 heteroatoms. The first-order valence-electron chi connectivity index (χ1n) is 4.63. The molecule has 0 aromatic carbocycles. The molecular formula is C8H15N5. The molecule has 2 N–H and O–H groups in total. The van der Waals surface area contributed by atoms with Gasteiger partial charge in [0.2, 0.25) is 0 Å². The van der Waals surface area contributed by atoms with Crippen LogP contribution >= 0.6 is 0 Å². The fraction of sp³-hybridized carbons (Fsp3) is 0.750. The number of aromatic nitrogens is 3. The Hall–Kier alpha value is -0.940. The second-order valence-electron chi connectivity index (χ2n) is 3.42. The number of hydrogen-bond acceptors (Lipinski definition) is 4. The fourth-order valence-corrected chi connectivity index (χ4v) is 1.35. The molecule has 72 valence electrons. The lowest BCUT2D eigenvalue weighted by Gasteiger charge is -2.27. The molecule has 0 radical (unpaired) electrons. The van der Waals surface area contributed by atoms with Gasteiger partial charge in [-0.05, 0) is 0 Å². The van der Waals surface area contributed by atoms with Crippen LogP contribution in [0.2, 0.25) is 0 Å². The van der Waals surface area contributed by atoms with Crippen LogP contribution in [0.15, 0.2) is 6.33 Å². The third-order valence-electron chi connectivity index (χ3n) is 2.37. The van der Waals surface area contributed by atoms with Gasteiger partial charge in [-0.3, -0.25) is 0 Å². The Morgan fingerprint density at radius 3 is 3.08 bits per heavy atom. The molecule has 0 bridgehead atoms. The largest absolute Gasteiger partial charge is 0.321 e. The predicted molar refractivity (Wildman–Crippen MR) is 49.4 cm³/mol. The Kier molecular flexibility index (Phi) is 2.56. The molecule has 13 heavy (non-hydrogen) atoms. The van der Waals surface area contributed by atoms with Crippen LogP contribution in [0.4, 0.5) is 0 Å². The van der Waals surface area contributed by atoms with Crippen molar-refractivity contribution in [2.75, 3.05) is 19.6 Å². The van der Waals surface area contributed by atoms with Crippen molar-refractivity contribution in [2.45, 2.75) is 12.5 Å². The van der Waals surface area contributed by atoms with E-state index in [0.717, 1.165) is 31.9 Å². The van der Waals surface area contributed by atoms with Gasteiger partial charge in [-0.1, -0.05) is 0 Å². The highest BCUT2D eigenvalue weighted by atomic mass is 15.2. The summed E-state index contributed by atoms with van der Waals surface area (Å²) in [6.07, 6.45) is 2.69. The summed E-state index contributed by atoms with van der Waals surface area (Å²) in [4.78, 5) is 0. The molecule has 0 atom stereocenters. The maximum Gasteiger partial charge on any atom is 0.133 e. The highest BCUT2D eigenvalue weighted by Crippen LogP contribution is 1.94. The lowest BCUT2D eigenvalue weighted by molar-refractivity contribution is 0.367. The first kappa shape index (κ1) is 8.65. The topological polar surface area (TPSA) is 54.8 Å². The van der Waals surface area contributed by atoms with Crippen molar-refractivity contribution in [1.29, 1.82) is 0 Å². The van der Waals surface area contributed by atoms with E-state index in [1.165, 1.54) is 0 Å². The first-order chi connectivity index (χ1) is 6.36. The maximum absolute atomic E-state index is 4.01. The van der Waals surface area contributed by atoms with Gasteiger partial charge in [-0.2, -0.15) is 0 Å². The van der Waals surface area contributed by atoms with E-state index in [-0.39, 0.29) is 0 Å². The Bertz CT molecular complexity index is 265. The standard InChI is InChI=1S/C8H15N5/c1-13-6-11-12-8(13)2-3-10-7-4-9-5-7/h6-7,9-10H,2-5H2,1H3. The van der Waals surface area contributed by atoms with Gasteiger partial charge in [0.1, 0.15) is 12.2 Å². The SMILES string of the molecule is Cn1cnnc1CCNC1CNC1. The molecule has 0 unspecified atom stereocenters. The molecule has 2 heterocycles. The second-order valence-corrected chi connectivity index (χ2v) is 3.42. The zero-order valence-electron chi connectivity index (χ0n) is 7.82. The first-order valence-corrected chi connectivity index (χ1v) is 4.63. The van der Waals surface area contributed by atoms with Crippen LogP contribution in [0.25, 0.3) is 0 Å². The van der Waals surface area contributed by atoms with Crippen molar-refractivity contribution >= 4 is 0 Å². The normalized spacial score (nSPS) is 17.3. The van der Waals surface area contributed by atoms with Crippen molar-refractivity contribution in [3.8, 4) is 0 Å². The lowest BCUT2D eigenvalue weighted by atomic mass is 10.2. The molecule has 0 saturated carbocycles. The van der Waals surface area contributed by atoms with Gasteiger partial charge in [0, 0.05) is 39.1 Å². The van der Waals surface area contributed by atoms with Crippen molar-refractivity contribution in [2.24, 2.45) is 7.05 Å². The van der Waals surface area contributed by atoms with Gasteiger partial charge in [0.25, 0.3) is 0 Å². The molecule has 1 saturated heterocycles. The van der Waals surface area contributed by atoms with Crippen molar-refractivity contribution in [3.63, 3.8) is 0 Å². The van der Waals surface area contributed by atoms with Gasteiger partial charge < -0.3 is 15.2 Å². The molecule has 1 aliphatic rings. The van der Waals surface area contributed by atoms with E-state index in [0.29, 0.717) is 6.04 Å². The summed E-state index contributed by atoms with van der Waals surface area (Å²) in [7, 11) is 1.97. The van der Waals surface area contributed by atoms with Gasteiger partial charge in [0.15, 0.2) is 0 Å². The number of aryl methyl sites for hydroxylation is 1. The lowest BCUT2D eigenvalue weighted by Crippen LogP contribution is -2.55. The van der Waals surface area contributed by atoms with E-state index in [9.17, 15) is 0 Å². The fourth-order valence-electron chi connectivity index (χ4n) is 1.35. The molecule has 5 nitrogen and oxygen atoms in total. The molecule has 1 aromatic rings. The quantitative estimate of drug-likeness (QED) is 0.620. The zero-order valence-corrected chi connectivity index (χ0v) is 7.82. The van der Waals surface area contributed by atoms with Crippen LogP contribution < -0.4 is 10.6 Å². The van der Waals surface area contributed by atoms with E-state index < -0.39 is 0 Å². The third kappa shape index (κ3) is 2.05. The summed E-state index contributed by atoms with van der Waals surface area (Å²) < 4.78 is 1.96. The Morgan fingerprint density at radius 1 is 1.69 bits per heavy atom. The second kappa shape index (κ2) is 3.85. The van der Waals surface area contributed by atoms with E-state index in [1.54, 1.807) is 6.33 Å². The highest BCUT2D eigenvalue weighted by Gasteiger charge is 2.15. The molecule has 1 aromatic heterocycles. The molecule has 1 fully saturated rings. The van der Waals surface area contributed by atoms with Crippen molar-refractivity contribution in [1.82, 2.24) is 25.4 Å². The van der Waals surface area contributed by atoms with Crippen LogP contribution in [0.1, 0.15) is 5.82 Å². The number of nitrogens with one attached hydrogen (secondary N) is 2. The smallest absolute Gasteiger partial charge is 0.133 e. The highest BCUT2D eigenvalue weighted by molar-refractivity contribution is 4.87. The number of nitrogens with zero attached hydrogens (tertiary/aromatic N) is 3. The van der Waals surface area contributed by atoms with E-state index in [2.05, 4.69) is 20.8 Å². The van der Waals surface area contributed by atoms with Crippen molar-refractivity contribution < 1.29 is 0 Å². The maximum atomic E-state index is 4.01. The van der Waals surface area contributed by atoms with Crippen LogP contribution in [0.3, 0.4) is 0 Å². The minimum absolute atomic E-state index is 0.660. The average Bonchev–Trinajstić information content (AvgIpc) is 2.42. The summed E-state index contributed by atoms with van der Waals surface area (Å²) in [5.41, 5.74) is 0. The Morgan fingerprint density at radius 2 is 2.54 bits per heavy atom. The molecule has 0 spiro atoms. The summed E-state index contributed by atoms with van der Waals surface area (Å²) >= 11 is 0. The van der Waals surface area contributed by atoms with Gasteiger partial charge in [-0.15, -0.1) is 10.2 Å². The van der Waals surface area contributed by atoms with Crippen LogP contribution in [0, 0.1) is 0 Å². The molecule has 0 amide bonds. The van der Waals surface area contributed by atoms with Gasteiger partial charge >= 0.3 is 0 Å². The van der Waals surface area contributed by atoms with Crippen LogP contribution in [-0.2, 0) is 13.5 Å². The minimum Gasteiger partial charge on any atom is -0.321 e. The zero-order chi connectivity index (χ0) is 9.10. The molecular weight excluding hydrogens is 166 g/mol. The number of rotatable bonds is 4. The Balaban J connectivity index is 1.70. The number of hydrogen-bond donors (Lipinski definition) is 2. The van der Waals surface area contributed by atoms with Crippen LogP contribution in [0.5, 0.6) is 0 Å². The molecule has 2 rings (SSSR count). The summed E-state index contributed by atoms with van der Waals surface area (Å²) in [5.74, 6) is 1.04. The van der Waals surface area contributed by atoms with Gasteiger partial charge in [-0.25, -0.2) is 0 Å². The van der Waals surface area contributed by atoms with Crippen LogP contribution in [-0.4, -0.2) is 40.4 Å². The Labute approximate surface area is 77.5 Å². The summed E-state index contributed by atoms with van der Waals surface area (Å²) in [6, 6.07) is 0.660. The summed E-state index contributed by atoms with van der Waals surface area (Å²) in [6.45, 7) is 3.18. The van der Waals surface area contributed by atoms with E-state index >= 15 is 0 Å². The van der Waals surface area contributed by atoms with E-state index in [4.69, 9.17) is 0 Å². The molecule has 0 aliphatic carbocycles. The molecule has 1 aliphatic heterocycles. The third-order valence-corrected chi connectivity index (χ3v) is 2.37. The monoisotopic (exact) mass is 181 g/mol. The summed E-state index contributed by atoms with van der Waals surface area (Å²) in [5, 5.41) is 14.5. The van der Waals surface area contributed by atoms with E-state index in [1.807, 2.05) is 11.6 Å². The van der Waals surface area contributed by atoms with Crippen molar-refractivity contribution in [3.05, 3.63) is 12.2 Å². The van der Waals surface area contributed by atoms with Gasteiger partial charge in [0.05, 0.1) is 0 Å². The predicted octanol–water partition coefficient (Wildman–Crippen LogP) is -1.08. The minimum atomic E-state index is 0.660.